The monoisotopic (exact) mass is 199 g/mol. The molecule has 0 spiro atoms. The summed E-state index contributed by atoms with van der Waals surface area (Å²) in [5.74, 6) is 4.57. The van der Waals surface area contributed by atoms with Crippen molar-refractivity contribution in [2.45, 2.75) is 27.2 Å². The summed E-state index contributed by atoms with van der Waals surface area (Å²) in [5, 5.41) is 3.41. The summed E-state index contributed by atoms with van der Waals surface area (Å²) in [6.07, 6.45) is 6.36. The molecule has 0 bridgehead atoms. The van der Waals surface area contributed by atoms with Gasteiger partial charge in [-0.15, -0.1) is 18.2 Å². The van der Waals surface area contributed by atoms with Crippen molar-refractivity contribution in [3.8, 4) is 12.3 Å². The second-order valence-electron chi connectivity index (χ2n) is 4.32. The van der Waals surface area contributed by atoms with Crippen LogP contribution in [0, 0.1) is 17.8 Å². The summed E-state index contributed by atoms with van der Waals surface area (Å²) in [5.41, 5.74) is 0.443. The number of thioether (sulfide) groups is 1. The molecule has 0 aliphatic carbocycles. The van der Waals surface area contributed by atoms with Gasteiger partial charge < -0.3 is 5.32 Å². The lowest BCUT2D eigenvalue weighted by Crippen LogP contribution is -2.22. The van der Waals surface area contributed by atoms with Gasteiger partial charge >= 0.3 is 0 Å². The Labute approximate surface area is 87.1 Å². The van der Waals surface area contributed by atoms with Crippen LogP contribution in [0.5, 0.6) is 0 Å². The molecule has 0 atom stereocenters. The molecule has 0 saturated carbocycles. The summed E-state index contributed by atoms with van der Waals surface area (Å²) in [6.45, 7) is 8.98. The second kappa shape index (κ2) is 7.29. The largest absolute Gasteiger partial charge is 0.316 e. The Bertz CT molecular complexity index is 152. The molecule has 0 saturated heterocycles. The second-order valence-corrected chi connectivity index (χ2v) is 5.42. The average Bonchev–Trinajstić information content (AvgIpc) is 2.01. The first-order chi connectivity index (χ1) is 6.06. The smallest absolute Gasteiger partial charge is 0.0545 e. The van der Waals surface area contributed by atoms with Crippen molar-refractivity contribution < 1.29 is 0 Å². The first kappa shape index (κ1) is 12.9. The van der Waals surface area contributed by atoms with Crippen molar-refractivity contribution in [3.05, 3.63) is 0 Å². The van der Waals surface area contributed by atoms with E-state index in [1.165, 1.54) is 6.42 Å². The van der Waals surface area contributed by atoms with Crippen molar-refractivity contribution in [2.24, 2.45) is 5.41 Å². The lowest BCUT2D eigenvalue weighted by atomic mass is 9.92. The van der Waals surface area contributed by atoms with Crippen molar-refractivity contribution in [1.82, 2.24) is 5.32 Å². The first-order valence-corrected chi connectivity index (χ1v) is 5.93. The zero-order valence-corrected chi connectivity index (χ0v) is 9.84. The highest BCUT2D eigenvalue weighted by Gasteiger charge is 2.08. The number of hydrogen-bond acceptors (Lipinski definition) is 2. The summed E-state index contributed by atoms with van der Waals surface area (Å²) in [6, 6.07) is 0. The van der Waals surface area contributed by atoms with Gasteiger partial charge in [0.2, 0.25) is 0 Å². The van der Waals surface area contributed by atoms with E-state index in [4.69, 9.17) is 6.42 Å². The zero-order valence-electron chi connectivity index (χ0n) is 9.02. The number of terminal acetylenes is 1. The minimum atomic E-state index is 0.443. The molecular formula is C11H21NS. The van der Waals surface area contributed by atoms with Crippen molar-refractivity contribution in [3.63, 3.8) is 0 Å². The molecule has 0 rings (SSSR count). The maximum atomic E-state index is 5.14. The Morgan fingerprint density at radius 3 is 2.54 bits per heavy atom. The van der Waals surface area contributed by atoms with Crippen LogP contribution in [0.4, 0.5) is 0 Å². The maximum Gasteiger partial charge on any atom is 0.0545 e. The third kappa shape index (κ3) is 11.9. The Morgan fingerprint density at radius 2 is 2.00 bits per heavy atom. The lowest BCUT2D eigenvalue weighted by Gasteiger charge is -2.17. The van der Waals surface area contributed by atoms with Crippen LogP contribution in [0.3, 0.4) is 0 Å². The first-order valence-electron chi connectivity index (χ1n) is 4.78. The predicted octanol–water partition coefficient (Wildman–Crippen LogP) is 2.38. The maximum absolute atomic E-state index is 5.14. The van der Waals surface area contributed by atoms with E-state index in [9.17, 15) is 0 Å². The molecule has 76 valence electrons. The molecule has 0 amide bonds. The van der Waals surface area contributed by atoms with Gasteiger partial charge in [-0.3, -0.25) is 0 Å². The molecule has 2 heteroatoms. The van der Waals surface area contributed by atoms with Gasteiger partial charge in [-0.2, -0.15) is 0 Å². The Kier molecular flexibility index (Phi) is 7.22. The highest BCUT2D eigenvalue weighted by Crippen LogP contribution is 2.16. The van der Waals surface area contributed by atoms with Crippen LogP contribution < -0.4 is 5.32 Å². The van der Waals surface area contributed by atoms with Crippen LogP contribution in [-0.2, 0) is 0 Å². The van der Waals surface area contributed by atoms with Crippen LogP contribution in [0.1, 0.15) is 27.2 Å². The Hall–Kier alpha value is -0.130. The molecule has 0 aliphatic heterocycles. The third-order valence-electron chi connectivity index (χ3n) is 1.66. The van der Waals surface area contributed by atoms with Gasteiger partial charge in [0.15, 0.2) is 0 Å². The van der Waals surface area contributed by atoms with E-state index in [1.54, 1.807) is 0 Å². The lowest BCUT2D eigenvalue weighted by molar-refractivity contribution is 0.369. The number of nitrogens with one attached hydrogen (secondary N) is 1. The van der Waals surface area contributed by atoms with Gasteiger partial charge in [-0.05, 0) is 18.4 Å². The Balaban J connectivity index is 3.05. The number of hydrogen-bond donors (Lipinski definition) is 1. The van der Waals surface area contributed by atoms with E-state index in [-0.39, 0.29) is 0 Å². The molecule has 0 aromatic carbocycles. The summed E-state index contributed by atoms with van der Waals surface area (Å²) in [7, 11) is 0. The fraction of sp³-hybridized carbons (Fsp3) is 0.818. The van der Waals surface area contributed by atoms with Gasteiger partial charge in [0.25, 0.3) is 0 Å². The summed E-state index contributed by atoms with van der Waals surface area (Å²) in [4.78, 5) is 0. The standard InChI is InChI=1S/C11H21NS/c1-5-9-13-10-8-12-7-6-11(2,3)4/h1,12H,6-10H2,2-4H3. The van der Waals surface area contributed by atoms with Crippen LogP contribution in [0.2, 0.25) is 0 Å². The predicted molar refractivity (Wildman–Crippen MR) is 63.1 cm³/mol. The fourth-order valence-electron chi connectivity index (χ4n) is 0.864. The highest BCUT2D eigenvalue weighted by atomic mass is 32.2. The number of rotatable bonds is 6. The molecule has 0 heterocycles. The molecule has 0 fully saturated rings. The van der Waals surface area contributed by atoms with Crippen LogP contribution in [0.15, 0.2) is 0 Å². The van der Waals surface area contributed by atoms with Gasteiger partial charge in [0.05, 0.1) is 5.75 Å². The minimum Gasteiger partial charge on any atom is -0.316 e. The van der Waals surface area contributed by atoms with Gasteiger partial charge in [-0.1, -0.05) is 26.7 Å². The fourth-order valence-corrected chi connectivity index (χ4v) is 1.41. The van der Waals surface area contributed by atoms with Gasteiger partial charge in [0, 0.05) is 12.3 Å². The SMILES string of the molecule is C#CCSCCNCCC(C)(C)C. The van der Waals surface area contributed by atoms with Gasteiger partial charge in [-0.25, -0.2) is 0 Å². The van der Waals surface area contributed by atoms with E-state index >= 15 is 0 Å². The van der Waals surface area contributed by atoms with Crippen molar-refractivity contribution in [2.75, 3.05) is 24.6 Å². The molecule has 0 aromatic rings. The molecule has 1 nitrogen and oxygen atoms in total. The van der Waals surface area contributed by atoms with Crippen molar-refractivity contribution in [1.29, 1.82) is 0 Å². The summed E-state index contributed by atoms with van der Waals surface area (Å²) >= 11 is 1.81. The molecule has 1 N–H and O–H groups in total. The molecule has 13 heavy (non-hydrogen) atoms. The molecule has 0 aliphatic rings. The topological polar surface area (TPSA) is 12.0 Å². The van der Waals surface area contributed by atoms with Crippen LogP contribution in [-0.4, -0.2) is 24.6 Å². The van der Waals surface area contributed by atoms with E-state index < -0.39 is 0 Å². The van der Waals surface area contributed by atoms with Crippen LogP contribution in [0.25, 0.3) is 0 Å². The quantitative estimate of drug-likeness (QED) is 0.521. The highest BCUT2D eigenvalue weighted by molar-refractivity contribution is 7.99. The molecular weight excluding hydrogens is 178 g/mol. The molecule has 0 unspecified atom stereocenters. The molecule has 0 aromatic heterocycles. The summed E-state index contributed by atoms with van der Waals surface area (Å²) < 4.78 is 0. The van der Waals surface area contributed by atoms with Crippen LogP contribution >= 0.6 is 11.8 Å². The Morgan fingerprint density at radius 1 is 1.31 bits per heavy atom. The average molecular weight is 199 g/mol. The normalized spacial score (nSPS) is 11.2. The zero-order chi connectivity index (χ0) is 10.2. The van der Waals surface area contributed by atoms with Gasteiger partial charge in [0.1, 0.15) is 0 Å². The van der Waals surface area contributed by atoms with E-state index in [0.717, 1.165) is 24.6 Å². The third-order valence-corrected chi connectivity index (χ3v) is 2.52. The van der Waals surface area contributed by atoms with E-state index in [2.05, 4.69) is 32.0 Å². The minimum absolute atomic E-state index is 0.443. The van der Waals surface area contributed by atoms with Crippen molar-refractivity contribution >= 4 is 11.8 Å². The molecule has 0 radical (unpaired) electrons. The van der Waals surface area contributed by atoms with E-state index in [0.29, 0.717) is 5.41 Å². The van der Waals surface area contributed by atoms with E-state index in [1.807, 2.05) is 11.8 Å².